The minimum atomic E-state index is -3.47. The summed E-state index contributed by atoms with van der Waals surface area (Å²) in [5, 5.41) is 0.376. The molecular formula is C12H19N3O2S2. The van der Waals surface area contributed by atoms with Crippen LogP contribution in [0.4, 0.5) is 5.69 Å². The topological polar surface area (TPSA) is 75.4 Å². The van der Waals surface area contributed by atoms with Crippen molar-refractivity contribution in [3.63, 3.8) is 0 Å². The van der Waals surface area contributed by atoms with E-state index >= 15 is 0 Å². The Morgan fingerprint density at radius 2 is 2.21 bits per heavy atom. The second-order valence-electron chi connectivity index (χ2n) is 4.40. The third kappa shape index (κ3) is 3.05. The number of hydrogen-bond acceptors (Lipinski definition) is 5. The molecule has 1 aliphatic rings. The molecule has 0 aromatic heterocycles. The number of thioether (sulfide) groups is 1. The van der Waals surface area contributed by atoms with Gasteiger partial charge in [0.05, 0.1) is 5.69 Å². The Kier molecular flexibility index (Phi) is 4.72. The van der Waals surface area contributed by atoms with Crippen LogP contribution in [0.25, 0.3) is 0 Å². The lowest BCUT2D eigenvalue weighted by molar-refractivity contribution is 0.416. The van der Waals surface area contributed by atoms with E-state index in [1.807, 2.05) is 11.8 Å². The second kappa shape index (κ2) is 6.13. The van der Waals surface area contributed by atoms with Gasteiger partial charge in [0.2, 0.25) is 10.0 Å². The lowest BCUT2D eigenvalue weighted by Crippen LogP contribution is -2.41. The van der Waals surface area contributed by atoms with Crippen LogP contribution in [0.1, 0.15) is 13.3 Å². The van der Waals surface area contributed by atoms with Gasteiger partial charge in [-0.2, -0.15) is 16.1 Å². The number of rotatable bonds is 4. The molecule has 2 rings (SSSR count). The van der Waals surface area contributed by atoms with Gasteiger partial charge in [-0.05, 0) is 18.6 Å². The van der Waals surface area contributed by atoms with Crippen LogP contribution in [-0.2, 0) is 10.0 Å². The van der Waals surface area contributed by atoms with Crippen molar-refractivity contribution in [2.24, 2.45) is 5.84 Å². The molecule has 0 saturated carbocycles. The Balaban J connectivity index is 2.31. The van der Waals surface area contributed by atoms with E-state index in [9.17, 15) is 8.42 Å². The number of hydrazine groups is 1. The van der Waals surface area contributed by atoms with Crippen LogP contribution in [-0.4, -0.2) is 36.8 Å². The number of para-hydroxylation sites is 1. The van der Waals surface area contributed by atoms with Crippen molar-refractivity contribution in [3.8, 4) is 0 Å². The minimum Gasteiger partial charge on any atom is -0.323 e. The zero-order valence-corrected chi connectivity index (χ0v) is 12.5. The van der Waals surface area contributed by atoms with E-state index in [0.717, 1.165) is 12.2 Å². The molecule has 1 saturated heterocycles. The van der Waals surface area contributed by atoms with E-state index in [1.54, 1.807) is 28.6 Å². The van der Waals surface area contributed by atoms with E-state index in [-0.39, 0.29) is 4.90 Å². The highest BCUT2D eigenvalue weighted by atomic mass is 32.2. The molecule has 0 amide bonds. The molecule has 0 aliphatic carbocycles. The van der Waals surface area contributed by atoms with Gasteiger partial charge in [-0.25, -0.2) is 8.42 Å². The molecule has 1 aromatic rings. The van der Waals surface area contributed by atoms with Crippen molar-refractivity contribution >= 4 is 27.5 Å². The third-order valence-corrected chi connectivity index (χ3v) is 6.51. The summed E-state index contributed by atoms with van der Waals surface area (Å²) in [6.07, 6.45) is 0.980. The molecule has 106 valence electrons. The Morgan fingerprint density at radius 3 is 2.89 bits per heavy atom. The Bertz CT molecular complexity index is 534. The molecule has 0 bridgehead atoms. The highest BCUT2D eigenvalue weighted by molar-refractivity contribution is 8.00. The van der Waals surface area contributed by atoms with Gasteiger partial charge in [-0.3, -0.25) is 5.84 Å². The van der Waals surface area contributed by atoms with Crippen molar-refractivity contribution in [3.05, 3.63) is 24.3 Å². The highest BCUT2D eigenvalue weighted by Crippen LogP contribution is 2.29. The van der Waals surface area contributed by atoms with Gasteiger partial charge >= 0.3 is 0 Å². The van der Waals surface area contributed by atoms with Gasteiger partial charge in [0.25, 0.3) is 0 Å². The van der Waals surface area contributed by atoms with Crippen LogP contribution in [0.2, 0.25) is 0 Å². The molecule has 3 N–H and O–H groups in total. The normalized spacial score (nSPS) is 21.3. The van der Waals surface area contributed by atoms with E-state index in [1.165, 1.54) is 0 Å². The van der Waals surface area contributed by atoms with E-state index in [4.69, 9.17) is 5.84 Å². The first-order chi connectivity index (χ1) is 9.09. The predicted octanol–water partition coefficient (Wildman–Crippen LogP) is 1.49. The number of nitrogen functional groups attached to an aromatic ring is 1. The zero-order valence-electron chi connectivity index (χ0n) is 10.9. The fraction of sp³-hybridized carbons (Fsp3) is 0.500. The summed E-state index contributed by atoms with van der Waals surface area (Å²) in [4.78, 5) is 0.249. The Morgan fingerprint density at radius 1 is 1.47 bits per heavy atom. The van der Waals surface area contributed by atoms with Gasteiger partial charge in [0.15, 0.2) is 0 Å². The van der Waals surface area contributed by atoms with Gasteiger partial charge < -0.3 is 5.43 Å². The molecule has 1 fully saturated rings. The molecule has 0 spiro atoms. The van der Waals surface area contributed by atoms with E-state index in [0.29, 0.717) is 24.0 Å². The summed E-state index contributed by atoms with van der Waals surface area (Å²) >= 11 is 1.84. The molecule has 1 atom stereocenters. The number of nitrogens with two attached hydrogens (primary N) is 1. The largest absolute Gasteiger partial charge is 0.323 e. The van der Waals surface area contributed by atoms with Crippen LogP contribution in [0.5, 0.6) is 0 Å². The number of anilines is 1. The first-order valence-electron chi connectivity index (χ1n) is 6.27. The maximum absolute atomic E-state index is 12.6. The number of hydrogen-bond donors (Lipinski definition) is 2. The summed E-state index contributed by atoms with van der Waals surface area (Å²) in [7, 11) is -3.47. The number of nitrogens with one attached hydrogen (secondary N) is 1. The minimum absolute atomic E-state index is 0.249. The summed E-state index contributed by atoms with van der Waals surface area (Å²) in [5.74, 6) is 6.24. The van der Waals surface area contributed by atoms with Gasteiger partial charge in [0, 0.05) is 24.1 Å². The molecule has 19 heavy (non-hydrogen) atoms. The number of benzene rings is 1. The molecule has 1 heterocycles. The molecule has 1 unspecified atom stereocenters. The molecular weight excluding hydrogens is 282 g/mol. The molecule has 0 radical (unpaired) electrons. The van der Waals surface area contributed by atoms with Crippen LogP contribution >= 0.6 is 11.8 Å². The van der Waals surface area contributed by atoms with E-state index in [2.05, 4.69) is 12.3 Å². The van der Waals surface area contributed by atoms with Crippen molar-refractivity contribution < 1.29 is 8.42 Å². The van der Waals surface area contributed by atoms with Crippen molar-refractivity contribution in [1.29, 1.82) is 0 Å². The lowest BCUT2D eigenvalue weighted by Gasteiger charge is -2.31. The maximum Gasteiger partial charge on any atom is 0.245 e. The standard InChI is InChI=1S/C12H19N3O2S2/c1-2-10-9-15(7-8-18-10)19(16,17)12-6-4-3-5-11(12)14-13/h3-6,10,14H,2,7-9,13H2,1H3. The van der Waals surface area contributed by atoms with Gasteiger partial charge in [-0.1, -0.05) is 19.1 Å². The fourth-order valence-corrected chi connectivity index (χ4v) is 5.14. The van der Waals surface area contributed by atoms with Crippen LogP contribution < -0.4 is 11.3 Å². The third-order valence-electron chi connectivity index (χ3n) is 3.22. The average molecular weight is 301 g/mol. The number of sulfonamides is 1. The van der Waals surface area contributed by atoms with Crippen molar-refractivity contribution in [1.82, 2.24) is 4.31 Å². The summed E-state index contributed by atoms with van der Waals surface area (Å²) < 4.78 is 26.9. The monoisotopic (exact) mass is 301 g/mol. The quantitative estimate of drug-likeness (QED) is 0.651. The SMILES string of the molecule is CCC1CN(S(=O)(=O)c2ccccc2NN)CCS1. The van der Waals surface area contributed by atoms with E-state index < -0.39 is 10.0 Å². The summed E-state index contributed by atoms with van der Waals surface area (Å²) in [6.45, 7) is 3.22. The lowest BCUT2D eigenvalue weighted by atomic mass is 10.3. The van der Waals surface area contributed by atoms with Gasteiger partial charge in [0.1, 0.15) is 4.90 Å². The zero-order chi connectivity index (χ0) is 13.9. The van der Waals surface area contributed by atoms with Crippen molar-refractivity contribution in [2.45, 2.75) is 23.5 Å². The maximum atomic E-state index is 12.6. The van der Waals surface area contributed by atoms with Crippen LogP contribution in [0, 0.1) is 0 Å². The first kappa shape index (κ1) is 14.6. The van der Waals surface area contributed by atoms with Crippen molar-refractivity contribution in [2.75, 3.05) is 24.3 Å². The summed E-state index contributed by atoms with van der Waals surface area (Å²) in [5.41, 5.74) is 2.89. The summed E-state index contributed by atoms with van der Waals surface area (Å²) in [6, 6.07) is 6.73. The molecule has 1 aromatic carbocycles. The average Bonchev–Trinajstić information content (AvgIpc) is 2.47. The first-order valence-corrected chi connectivity index (χ1v) is 8.76. The van der Waals surface area contributed by atoms with Gasteiger partial charge in [-0.15, -0.1) is 0 Å². The second-order valence-corrected chi connectivity index (χ2v) is 7.72. The Hall–Kier alpha value is -0.760. The Labute approximate surface area is 118 Å². The smallest absolute Gasteiger partial charge is 0.245 e. The fourth-order valence-electron chi connectivity index (χ4n) is 2.11. The van der Waals surface area contributed by atoms with Crippen LogP contribution in [0.15, 0.2) is 29.2 Å². The predicted molar refractivity (Wildman–Crippen MR) is 79.5 cm³/mol. The molecule has 1 aliphatic heterocycles. The molecule has 5 nitrogen and oxygen atoms in total. The van der Waals surface area contributed by atoms with Crippen LogP contribution in [0.3, 0.4) is 0 Å². The number of nitrogens with zero attached hydrogens (tertiary/aromatic N) is 1. The highest BCUT2D eigenvalue weighted by Gasteiger charge is 2.31. The molecule has 7 heteroatoms.